The Bertz CT molecular complexity index is 493. The van der Waals surface area contributed by atoms with Crippen LogP contribution in [0.4, 0.5) is 4.39 Å². The van der Waals surface area contributed by atoms with E-state index in [0.717, 1.165) is 16.7 Å². The third-order valence-electron chi connectivity index (χ3n) is 2.63. The Morgan fingerprint density at radius 1 is 1.31 bits per heavy atom. The predicted molar refractivity (Wildman–Crippen MR) is 61.5 cm³/mol. The van der Waals surface area contributed by atoms with Gasteiger partial charge < -0.3 is 10.2 Å². The van der Waals surface area contributed by atoms with Gasteiger partial charge in [0.2, 0.25) is 0 Å². The smallest absolute Gasteiger partial charge is 0.131 e. The zero-order chi connectivity index (χ0) is 11.7. The highest BCUT2D eigenvalue weighted by Crippen LogP contribution is 2.31. The average molecular weight is 219 g/mol. The second kappa shape index (κ2) is 4.10. The van der Waals surface area contributed by atoms with E-state index in [2.05, 4.69) is 0 Å². The Balaban J connectivity index is 2.64. The summed E-state index contributed by atoms with van der Waals surface area (Å²) in [6, 6.07) is 5.23. The topological polar surface area (TPSA) is 39.2 Å². The van der Waals surface area contributed by atoms with Gasteiger partial charge >= 0.3 is 0 Å². The van der Waals surface area contributed by atoms with E-state index in [9.17, 15) is 4.39 Å². The third kappa shape index (κ3) is 1.74. The molecule has 0 saturated carbocycles. The molecule has 0 aliphatic rings. The summed E-state index contributed by atoms with van der Waals surface area (Å²) in [5, 5.41) is 0. The molecule has 2 nitrogen and oxygen atoms in total. The van der Waals surface area contributed by atoms with Gasteiger partial charge in [-0.25, -0.2) is 4.39 Å². The summed E-state index contributed by atoms with van der Waals surface area (Å²) in [5.74, 6) is 0.388. The summed E-state index contributed by atoms with van der Waals surface area (Å²) in [4.78, 5) is 0. The molecule has 16 heavy (non-hydrogen) atoms. The molecule has 84 valence electrons. The van der Waals surface area contributed by atoms with Crippen LogP contribution in [0.3, 0.4) is 0 Å². The van der Waals surface area contributed by atoms with E-state index < -0.39 is 0 Å². The SMILES string of the molecule is Cc1cc(C)c(-c2ccoc2CN)c(F)c1. The molecule has 1 heterocycles. The zero-order valence-electron chi connectivity index (χ0n) is 9.38. The predicted octanol–water partition coefficient (Wildman–Crippen LogP) is 3.16. The largest absolute Gasteiger partial charge is 0.467 e. The molecule has 2 N–H and O–H groups in total. The van der Waals surface area contributed by atoms with Gasteiger partial charge in [0.15, 0.2) is 0 Å². The van der Waals surface area contributed by atoms with Crippen LogP contribution in [-0.4, -0.2) is 0 Å². The van der Waals surface area contributed by atoms with Crippen LogP contribution < -0.4 is 5.73 Å². The molecule has 0 unspecified atom stereocenters. The maximum Gasteiger partial charge on any atom is 0.131 e. The first-order chi connectivity index (χ1) is 7.63. The molecule has 2 rings (SSSR count). The van der Waals surface area contributed by atoms with Crippen molar-refractivity contribution in [2.45, 2.75) is 20.4 Å². The maximum atomic E-state index is 13.9. The second-order valence-corrected chi connectivity index (χ2v) is 3.90. The average Bonchev–Trinajstić information content (AvgIpc) is 2.64. The molecule has 1 aromatic carbocycles. The number of benzene rings is 1. The van der Waals surface area contributed by atoms with Crippen molar-refractivity contribution < 1.29 is 8.81 Å². The van der Waals surface area contributed by atoms with E-state index in [1.807, 2.05) is 19.9 Å². The molecule has 0 radical (unpaired) electrons. The Labute approximate surface area is 93.9 Å². The van der Waals surface area contributed by atoms with Crippen molar-refractivity contribution in [1.82, 2.24) is 0 Å². The van der Waals surface area contributed by atoms with E-state index in [0.29, 0.717) is 11.3 Å². The van der Waals surface area contributed by atoms with Crippen LogP contribution in [0.15, 0.2) is 28.9 Å². The van der Waals surface area contributed by atoms with Gasteiger partial charge in [-0.05, 0) is 37.1 Å². The summed E-state index contributed by atoms with van der Waals surface area (Å²) in [5.41, 5.74) is 8.69. The highest BCUT2D eigenvalue weighted by atomic mass is 19.1. The van der Waals surface area contributed by atoms with Crippen LogP contribution in [0.1, 0.15) is 16.9 Å². The fraction of sp³-hybridized carbons (Fsp3) is 0.231. The Morgan fingerprint density at radius 2 is 2.06 bits per heavy atom. The molecule has 0 fully saturated rings. The Kier molecular flexibility index (Phi) is 2.79. The van der Waals surface area contributed by atoms with Crippen LogP contribution in [0.5, 0.6) is 0 Å². The van der Waals surface area contributed by atoms with Crippen molar-refractivity contribution >= 4 is 0 Å². The number of furan rings is 1. The fourth-order valence-electron chi connectivity index (χ4n) is 1.98. The van der Waals surface area contributed by atoms with E-state index >= 15 is 0 Å². The molecule has 1 aromatic heterocycles. The number of rotatable bonds is 2. The lowest BCUT2D eigenvalue weighted by atomic mass is 9.98. The monoisotopic (exact) mass is 219 g/mol. The summed E-state index contributed by atoms with van der Waals surface area (Å²) in [6.45, 7) is 4.03. The van der Waals surface area contributed by atoms with Gasteiger partial charge in [-0.1, -0.05) is 6.07 Å². The molecule has 0 aliphatic heterocycles. The first-order valence-electron chi connectivity index (χ1n) is 5.17. The van der Waals surface area contributed by atoms with Crippen LogP contribution >= 0.6 is 0 Å². The van der Waals surface area contributed by atoms with E-state index in [1.54, 1.807) is 6.07 Å². The molecule has 0 amide bonds. The minimum atomic E-state index is -0.228. The van der Waals surface area contributed by atoms with Gasteiger partial charge in [0.1, 0.15) is 11.6 Å². The highest BCUT2D eigenvalue weighted by Gasteiger charge is 2.14. The standard InChI is InChI=1S/C13H14FNO/c1-8-5-9(2)13(11(14)6-8)10-3-4-16-12(10)7-15/h3-6H,7,15H2,1-2H3. The lowest BCUT2D eigenvalue weighted by Crippen LogP contribution is -1.98. The number of aryl methyl sites for hydroxylation is 2. The number of halogens is 1. The maximum absolute atomic E-state index is 13.9. The molecule has 3 heteroatoms. The number of nitrogens with two attached hydrogens (primary N) is 1. The lowest BCUT2D eigenvalue weighted by Gasteiger charge is -2.08. The normalized spacial score (nSPS) is 10.8. The number of hydrogen-bond acceptors (Lipinski definition) is 2. The van der Waals surface area contributed by atoms with Crippen LogP contribution in [-0.2, 0) is 6.54 Å². The molecule has 0 atom stereocenters. The first-order valence-corrected chi connectivity index (χ1v) is 5.17. The highest BCUT2D eigenvalue weighted by molar-refractivity contribution is 5.70. The van der Waals surface area contributed by atoms with E-state index in [4.69, 9.17) is 10.2 Å². The van der Waals surface area contributed by atoms with Crippen LogP contribution in [0.25, 0.3) is 11.1 Å². The molecule has 0 saturated heterocycles. The van der Waals surface area contributed by atoms with Crippen molar-refractivity contribution in [3.8, 4) is 11.1 Å². The summed E-state index contributed by atoms with van der Waals surface area (Å²) >= 11 is 0. The van der Waals surface area contributed by atoms with Crippen LogP contribution in [0, 0.1) is 19.7 Å². The molecule has 0 bridgehead atoms. The lowest BCUT2D eigenvalue weighted by molar-refractivity contribution is 0.513. The van der Waals surface area contributed by atoms with Gasteiger partial charge in [-0.3, -0.25) is 0 Å². The molecule has 0 aliphatic carbocycles. The fourth-order valence-corrected chi connectivity index (χ4v) is 1.98. The van der Waals surface area contributed by atoms with Crippen molar-refractivity contribution in [2.75, 3.05) is 0 Å². The molecule has 2 aromatic rings. The van der Waals surface area contributed by atoms with E-state index in [-0.39, 0.29) is 12.4 Å². The van der Waals surface area contributed by atoms with Gasteiger partial charge in [-0.15, -0.1) is 0 Å². The zero-order valence-corrected chi connectivity index (χ0v) is 9.38. The van der Waals surface area contributed by atoms with Gasteiger partial charge in [-0.2, -0.15) is 0 Å². The van der Waals surface area contributed by atoms with Gasteiger partial charge in [0.05, 0.1) is 12.8 Å². The second-order valence-electron chi connectivity index (χ2n) is 3.90. The molecular formula is C13H14FNO. The molecule has 0 spiro atoms. The molecular weight excluding hydrogens is 205 g/mol. The first kappa shape index (κ1) is 10.9. The number of hydrogen-bond donors (Lipinski definition) is 1. The summed E-state index contributed by atoms with van der Waals surface area (Å²) in [7, 11) is 0. The third-order valence-corrected chi connectivity index (χ3v) is 2.63. The van der Waals surface area contributed by atoms with Crippen molar-refractivity contribution in [2.24, 2.45) is 5.73 Å². The quantitative estimate of drug-likeness (QED) is 0.842. The Morgan fingerprint density at radius 3 is 2.69 bits per heavy atom. The minimum Gasteiger partial charge on any atom is -0.467 e. The van der Waals surface area contributed by atoms with E-state index in [1.165, 1.54) is 12.3 Å². The van der Waals surface area contributed by atoms with Gasteiger partial charge in [0.25, 0.3) is 0 Å². The van der Waals surface area contributed by atoms with Crippen LogP contribution in [0.2, 0.25) is 0 Å². The van der Waals surface area contributed by atoms with Crippen molar-refractivity contribution in [1.29, 1.82) is 0 Å². The van der Waals surface area contributed by atoms with Crippen molar-refractivity contribution in [3.63, 3.8) is 0 Å². The van der Waals surface area contributed by atoms with Gasteiger partial charge in [0, 0.05) is 11.1 Å². The summed E-state index contributed by atoms with van der Waals surface area (Å²) < 4.78 is 19.1. The Hall–Kier alpha value is -1.61. The minimum absolute atomic E-state index is 0.228. The summed E-state index contributed by atoms with van der Waals surface area (Å²) in [6.07, 6.45) is 1.54. The van der Waals surface area contributed by atoms with Crippen molar-refractivity contribution in [3.05, 3.63) is 47.2 Å².